The van der Waals surface area contributed by atoms with Crippen LogP contribution in [-0.4, -0.2) is 113 Å². The van der Waals surface area contributed by atoms with Crippen molar-refractivity contribution < 1.29 is 52.9 Å². The number of fused-ring (bicyclic) bond motifs is 4. The van der Waals surface area contributed by atoms with Gasteiger partial charge in [0.15, 0.2) is 11.8 Å². The number of hydroxylamine groups is 2. The molecule has 3 amide bonds. The van der Waals surface area contributed by atoms with Gasteiger partial charge in [-0.15, -0.1) is 0 Å². The Hall–Kier alpha value is -4.67. The first-order chi connectivity index (χ1) is 30.5. The molecule has 7 atom stereocenters. The smallest absolute Gasteiger partial charge is 0.327 e. The van der Waals surface area contributed by atoms with Crippen molar-refractivity contribution in [2.45, 2.75) is 166 Å². The van der Waals surface area contributed by atoms with E-state index in [1.165, 1.54) is 11.0 Å². The van der Waals surface area contributed by atoms with E-state index in [2.05, 4.69) is 24.5 Å². The molecule has 0 aromatic heterocycles. The summed E-state index contributed by atoms with van der Waals surface area (Å²) in [5.74, 6) is -2.88. The molecule has 3 heterocycles. The zero-order chi connectivity index (χ0) is 46.2. The second-order valence-corrected chi connectivity index (χ2v) is 18.9. The molecule has 6 rings (SSSR count). The number of hydrogen-bond acceptors (Lipinski definition) is 12. The lowest BCUT2D eigenvalue weighted by molar-refractivity contribution is -0.224. The molecule has 1 saturated carbocycles. The van der Waals surface area contributed by atoms with Crippen LogP contribution in [-0.2, 0) is 56.1 Å². The molecule has 3 aliphatic heterocycles. The van der Waals surface area contributed by atoms with E-state index in [0.717, 1.165) is 49.7 Å². The van der Waals surface area contributed by atoms with E-state index >= 15 is 4.79 Å². The molecule has 3 N–H and O–H groups in total. The third kappa shape index (κ3) is 11.4. The number of nitrogens with zero attached hydrogens (tertiary/aromatic N) is 2. The summed E-state index contributed by atoms with van der Waals surface area (Å²) in [7, 11) is 3.37. The highest BCUT2D eigenvalue weighted by Gasteiger charge is 2.76. The van der Waals surface area contributed by atoms with Crippen molar-refractivity contribution in [2.75, 3.05) is 20.7 Å². The number of rotatable bonds is 21. The Balaban J connectivity index is 1.23. The van der Waals surface area contributed by atoms with E-state index in [4.69, 9.17) is 23.8 Å². The Morgan fingerprint density at radius 1 is 0.969 bits per heavy atom. The number of aliphatic hydroxyl groups is 1. The van der Waals surface area contributed by atoms with Gasteiger partial charge in [0.1, 0.15) is 35.4 Å². The number of nitrogens with one attached hydrogen (secondary N) is 2. The van der Waals surface area contributed by atoms with Crippen molar-refractivity contribution in [3.05, 3.63) is 76.9 Å². The highest BCUT2D eigenvalue weighted by atomic mass is 16.8. The zero-order valence-electron chi connectivity index (χ0n) is 38.6. The van der Waals surface area contributed by atoms with Crippen LogP contribution in [0.2, 0.25) is 0 Å². The van der Waals surface area contributed by atoms with E-state index in [-0.39, 0.29) is 44.9 Å². The predicted molar refractivity (Wildman–Crippen MR) is 238 cm³/mol. The summed E-state index contributed by atoms with van der Waals surface area (Å²) in [5.41, 5.74) is 0.527. The molecule has 4 aliphatic rings. The Morgan fingerprint density at radius 3 is 2.30 bits per heavy atom. The molecule has 15 nitrogen and oxygen atoms in total. The molecular weight excluding hydrogens is 821 g/mol. The summed E-state index contributed by atoms with van der Waals surface area (Å²) in [6.45, 7) is 9.46. The molecule has 64 heavy (non-hydrogen) atoms. The topological polar surface area (TPSA) is 182 Å². The van der Waals surface area contributed by atoms with E-state index < -0.39 is 77.1 Å². The van der Waals surface area contributed by atoms with Gasteiger partial charge in [-0.25, -0.2) is 0 Å². The molecule has 0 unspecified atom stereocenters. The van der Waals surface area contributed by atoms with Gasteiger partial charge in [0, 0.05) is 58.0 Å². The normalized spacial score (nSPS) is 25.1. The third-order valence-corrected chi connectivity index (χ3v) is 12.5. The molecule has 1 aliphatic carbocycles. The van der Waals surface area contributed by atoms with Gasteiger partial charge in [0.25, 0.3) is 5.91 Å². The molecule has 3 saturated heterocycles. The molecule has 2 aromatic carbocycles. The molecule has 15 heteroatoms. The lowest BCUT2D eigenvalue weighted by Crippen LogP contribution is -2.69. The highest BCUT2D eigenvalue weighted by molar-refractivity contribution is 5.95. The van der Waals surface area contributed by atoms with Crippen LogP contribution in [0.15, 0.2) is 54.6 Å². The number of unbranched alkanes of at least 4 members (excludes halogenated alkanes) is 4. The number of ether oxygens (including phenoxy) is 4. The zero-order valence-corrected chi connectivity index (χ0v) is 38.6. The van der Waals surface area contributed by atoms with Crippen molar-refractivity contribution in [1.29, 1.82) is 0 Å². The fraction of sp³-hybridized carbons (Fsp3) is 0.612. The molecule has 0 spiro atoms. The van der Waals surface area contributed by atoms with E-state index in [0.29, 0.717) is 24.0 Å². The Morgan fingerprint density at radius 2 is 1.66 bits per heavy atom. The van der Waals surface area contributed by atoms with Crippen molar-refractivity contribution in [3.63, 3.8) is 0 Å². The maximum atomic E-state index is 15.0. The second kappa shape index (κ2) is 21.1. The maximum absolute atomic E-state index is 15.0. The predicted octanol–water partition coefficient (Wildman–Crippen LogP) is 5.76. The summed E-state index contributed by atoms with van der Waals surface area (Å²) in [5, 5.41) is 17.4. The molecule has 0 radical (unpaired) electrons. The van der Waals surface area contributed by atoms with Gasteiger partial charge in [-0.1, -0.05) is 75.9 Å². The minimum atomic E-state index is -1.40. The quantitative estimate of drug-likeness (QED) is 0.0785. The molecule has 2 bridgehead atoms. The number of esters is 2. The first kappa shape index (κ1) is 48.8. The van der Waals surface area contributed by atoms with Gasteiger partial charge in [-0.2, -0.15) is 5.06 Å². The van der Waals surface area contributed by atoms with Crippen LogP contribution in [0.3, 0.4) is 0 Å². The van der Waals surface area contributed by atoms with Crippen LogP contribution in [0.5, 0.6) is 0 Å². The number of amides is 3. The summed E-state index contributed by atoms with van der Waals surface area (Å²) < 4.78 is 25.5. The number of aliphatic hydroxyl groups excluding tert-OH is 1. The Labute approximate surface area is 377 Å². The van der Waals surface area contributed by atoms with Gasteiger partial charge in [-0.3, -0.25) is 28.8 Å². The second-order valence-electron chi connectivity index (χ2n) is 18.9. The molecule has 2 aromatic rings. The maximum Gasteiger partial charge on any atom is 0.327 e. The monoisotopic (exact) mass is 888 g/mol. The van der Waals surface area contributed by atoms with Crippen LogP contribution in [0.4, 0.5) is 0 Å². The lowest BCUT2D eigenvalue weighted by Gasteiger charge is -2.48. The SMILES string of the molecule is CCCCCC1(CCCCC)O[C@@H]2[C@H](O1)[C@H]1ON(Cc3ccc(C=CC(=O)N(C)C)cc3)[C@@H]3C(=O)O[C@@H]2C[C@]13C(=O)NCc1cccc(C(=O)N[C@H](CO)CCC(=O)OC(C)(C)C)c1. The van der Waals surface area contributed by atoms with E-state index in [1.54, 1.807) is 70.3 Å². The Bertz CT molecular complexity index is 1990. The van der Waals surface area contributed by atoms with Crippen LogP contribution >= 0.6 is 0 Å². The number of hydrogen-bond donors (Lipinski definition) is 3. The molecular formula is C49H68N4O11. The van der Waals surface area contributed by atoms with Gasteiger partial charge >= 0.3 is 11.9 Å². The number of benzene rings is 2. The largest absolute Gasteiger partial charge is 0.460 e. The first-order valence-corrected chi connectivity index (χ1v) is 23.0. The summed E-state index contributed by atoms with van der Waals surface area (Å²) in [6.07, 6.45) is 7.90. The third-order valence-electron chi connectivity index (χ3n) is 12.5. The van der Waals surface area contributed by atoms with Gasteiger partial charge in [-0.05, 0) is 74.9 Å². The van der Waals surface area contributed by atoms with Crippen molar-refractivity contribution >= 4 is 35.7 Å². The van der Waals surface area contributed by atoms with Crippen LogP contribution in [0.1, 0.15) is 132 Å². The first-order valence-electron chi connectivity index (χ1n) is 23.0. The minimum absolute atomic E-state index is 0.0238. The van der Waals surface area contributed by atoms with E-state index in [1.807, 2.05) is 24.3 Å². The van der Waals surface area contributed by atoms with Crippen LogP contribution < -0.4 is 10.6 Å². The van der Waals surface area contributed by atoms with Crippen molar-refractivity contribution in [3.8, 4) is 0 Å². The summed E-state index contributed by atoms with van der Waals surface area (Å²) in [4.78, 5) is 75.4. The lowest BCUT2D eigenvalue weighted by atomic mass is 9.62. The van der Waals surface area contributed by atoms with Gasteiger partial charge < -0.3 is 39.6 Å². The van der Waals surface area contributed by atoms with Crippen molar-refractivity contribution in [2.24, 2.45) is 5.41 Å². The fourth-order valence-electron chi connectivity index (χ4n) is 9.26. The molecule has 350 valence electrons. The average Bonchev–Trinajstić information content (AvgIpc) is 3.81. The summed E-state index contributed by atoms with van der Waals surface area (Å²) in [6, 6.07) is 12.6. The van der Waals surface area contributed by atoms with E-state index in [9.17, 15) is 24.3 Å². The Kier molecular flexibility index (Phi) is 16.1. The van der Waals surface area contributed by atoms with Crippen LogP contribution in [0, 0.1) is 5.41 Å². The van der Waals surface area contributed by atoms with Crippen molar-refractivity contribution in [1.82, 2.24) is 20.6 Å². The minimum Gasteiger partial charge on any atom is -0.460 e. The van der Waals surface area contributed by atoms with Crippen LogP contribution in [0.25, 0.3) is 6.08 Å². The summed E-state index contributed by atoms with van der Waals surface area (Å²) >= 11 is 0. The van der Waals surface area contributed by atoms with Gasteiger partial charge in [0.05, 0.1) is 19.2 Å². The fourth-order valence-corrected chi connectivity index (χ4v) is 9.26. The number of likely N-dealkylation sites (N-methyl/N-ethyl adjacent to an activating group) is 1. The number of carbonyl (C=O) groups excluding carboxylic acids is 5. The average molecular weight is 889 g/mol. The molecule has 4 fully saturated rings. The number of carbonyl (C=O) groups is 5. The highest BCUT2D eigenvalue weighted by Crippen LogP contribution is 2.58. The van der Waals surface area contributed by atoms with Gasteiger partial charge in [0.2, 0.25) is 11.8 Å². The standard InChI is InChI=1S/C49H68N4O11/c1-8-10-12-25-48(26-13-11-9-2)62-40-37-28-49(46(59)50-29-34-15-14-16-35(27-34)44(57)51-36(31-54)22-24-39(56)61-47(3,4)5)42(45(58)60-37)53(64-43(49)41(40)63-48)30-33-19-17-32(18-20-33)21-23-38(55)52(6)7/h14-21,23,27,36-37,40-43,54H,8-13,22,24-26,28-31H2,1-7H3,(H,50,59)(H,51,57)/t36-,37+,40-,41-,42+,43+,49+/m0/s1.